The van der Waals surface area contributed by atoms with Crippen molar-refractivity contribution in [3.8, 4) is 0 Å². The molecule has 0 aromatic carbocycles. The highest BCUT2D eigenvalue weighted by Gasteiger charge is 2.09. The summed E-state index contributed by atoms with van der Waals surface area (Å²) in [6.07, 6.45) is 2.97. The fraction of sp³-hybridized carbons (Fsp3) is 0.222. The summed E-state index contributed by atoms with van der Waals surface area (Å²) in [4.78, 5) is 1.19. The molecule has 0 aliphatic carbocycles. The molecule has 70 valence electrons. The maximum Gasteiger partial charge on any atom is 0.373 e. The monoisotopic (exact) mass is 182 g/mol. The van der Waals surface area contributed by atoms with Crippen molar-refractivity contribution in [2.24, 2.45) is 0 Å². The van der Waals surface area contributed by atoms with Crippen LogP contribution in [0.4, 0.5) is 4.39 Å². The summed E-state index contributed by atoms with van der Waals surface area (Å²) in [5.41, 5.74) is 0. The largest absolute Gasteiger partial charge is 0.854 e. The third-order valence-corrected chi connectivity index (χ3v) is 1.52. The lowest BCUT2D eigenvalue weighted by atomic mass is 10.5. The van der Waals surface area contributed by atoms with Crippen LogP contribution in [0.3, 0.4) is 0 Å². The Labute approximate surface area is 76.4 Å². The molecular formula is C9H11FN2O. The molecule has 0 bridgehead atoms. The van der Waals surface area contributed by atoms with Crippen LogP contribution in [0.15, 0.2) is 36.5 Å². The Morgan fingerprint density at radius 3 is 2.23 bits per heavy atom. The van der Waals surface area contributed by atoms with E-state index in [1.807, 2.05) is 0 Å². The third kappa shape index (κ3) is 2.18. The molecule has 0 radical (unpaired) electrons. The van der Waals surface area contributed by atoms with E-state index in [4.69, 9.17) is 0 Å². The summed E-state index contributed by atoms with van der Waals surface area (Å²) in [6.45, 7) is 0. The van der Waals surface area contributed by atoms with Gasteiger partial charge in [0, 0.05) is 26.2 Å². The standard InChI is InChI=1S/C9H11FN2O/c1-11(2)9(13)8(10)12-6-4-3-5-7-12/h3-7H,1-2H3/b9-8-. The molecule has 0 N–H and O–H groups in total. The van der Waals surface area contributed by atoms with Crippen LogP contribution < -0.4 is 9.67 Å². The number of pyridine rings is 1. The third-order valence-electron chi connectivity index (χ3n) is 1.52. The zero-order valence-corrected chi connectivity index (χ0v) is 7.57. The van der Waals surface area contributed by atoms with Crippen molar-refractivity contribution >= 4 is 5.95 Å². The van der Waals surface area contributed by atoms with Crippen LogP contribution >= 0.6 is 0 Å². The van der Waals surface area contributed by atoms with E-state index >= 15 is 0 Å². The molecule has 1 rings (SSSR count). The van der Waals surface area contributed by atoms with Crippen molar-refractivity contribution in [3.63, 3.8) is 0 Å². The van der Waals surface area contributed by atoms with Crippen LogP contribution in [0.1, 0.15) is 0 Å². The lowest BCUT2D eigenvalue weighted by Gasteiger charge is -2.18. The first-order valence-electron chi connectivity index (χ1n) is 3.83. The fourth-order valence-electron chi connectivity index (χ4n) is 0.825. The lowest BCUT2D eigenvalue weighted by molar-refractivity contribution is -0.600. The number of hydrogen-bond acceptors (Lipinski definition) is 2. The van der Waals surface area contributed by atoms with Crippen LogP contribution in [0.5, 0.6) is 0 Å². The van der Waals surface area contributed by atoms with Gasteiger partial charge in [0.2, 0.25) is 0 Å². The van der Waals surface area contributed by atoms with E-state index in [1.54, 1.807) is 18.2 Å². The Morgan fingerprint density at radius 2 is 1.77 bits per heavy atom. The van der Waals surface area contributed by atoms with Crippen LogP contribution in [0.2, 0.25) is 0 Å². The van der Waals surface area contributed by atoms with Gasteiger partial charge in [0.05, 0.1) is 5.88 Å². The Hall–Kier alpha value is -1.58. The van der Waals surface area contributed by atoms with Crippen molar-refractivity contribution in [1.29, 1.82) is 0 Å². The van der Waals surface area contributed by atoms with Crippen molar-refractivity contribution < 1.29 is 14.1 Å². The highest BCUT2D eigenvalue weighted by Crippen LogP contribution is 2.00. The molecule has 0 fully saturated rings. The van der Waals surface area contributed by atoms with Gasteiger partial charge in [-0.05, 0) is 0 Å². The van der Waals surface area contributed by atoms with Gasteiger partial charge >= 0.3 is 5.95 Å². The summed E-state index contributed by atoms with van der Waals surface area (Å²) in [5, 5.41) is 11.1. The van der Waals surface area contributed by atoms with Gasteiger partial charge in [-0.25, -0.2) is 0 Å². The van der Waals surface area contributed by atoms with Crippen LogP contribution in [-0.2, 0) is 0 Å². The van der Waals surface area contributed by atoms with E-state index in [2.05, 4.69) is 0 Å². The van der Waals surface area contributed by atoms with Gasteiger partial charge in [0.25, 0.3) is 0 Å². The smallest absolute Gasteiger partial charge is 0.373 e. The van der Waals surface area contributed by atoms with Gasteiger partial charge in [0.1, 0.15) is 0 Å². The van der Waals surface area contributed by atoms with Gasteiger partial charge in [-0.15, -0.1) is 8.96 Å². The van der Waals surface area contributed by atoms with E-state index in [0.29, 0.717) is 0 Å². The minimum absolute atomic E-state index is 0.642. The minimum Gasteiger partial charge on any atom is -0.854 e. The molecule has 0 spiro atoms. The summed E-state index contributed by atoms with van der Waals surface area (Å²) in [5.74, 6) is -1.44. The predicted molar refractivity (Wildman–Crippen MR) is 44.6 cm³/mol. The number of nitrogens with zero attached hydrogens (tertiary/aromatic N) is 2. The molecule has 0 amide bonds. The van der Waals surface area contributed by atoms with Crippen LogP contribution in [-0.4, -0.2) is 19.0 Å². The lowest BCUT2D eigenvalue weighted by Crippen LogP contribution is -2.36. The van der Waals surface area contributed by atoms with Crippen LogP contribution in [0.25, 0.3) is 5.95 Å². The summed E-state index contributed by atoms with van der Waals surface area (Å²) in [7, 11) is 3.01. The van der Waals surface area contributed by atoms with Gasteiger partial charge in [-0.1, -0.05) is 6.07 Å². The van der Waals surface area contributed by atoms with Crippen LogP contribution in [0, 0.1) is 0 Å². The molecular weight excluding hydrogens is 171 g/mol. The highest BCUT2D eigenvalue weighted by atomic mass is 19.1. The minimum atomic E-state index is -0.800. The zero-order chi connectivity index (χ0) is 9.84. The normalized spacial score (nSPS) is 12.2. The maximum absolute atomic E-state index is 13.3. The second-order valence-electron chi connectivity index (χ2n) is 2.77. The second-order valence-corrected chi connectivity index (χ2v) is 2.77. The number of hydrogen-bond donors (Lipinski definition) is 0. The summed E-state index contributed by atoms with van der Waals surface area (Å²) < 4.78 is 14.4. The highest BCUT2D eigenvalue weighted by molar-refractivity contribution is 5.23. The molecule has 0 aliphatic rings. The van der Waals surface area contributed by atoms with Crippen molar-refractivity contribution in [3.05, 3.63) is 36.5 Å². The Balaban J connectivity index is 3.03. The molecule has 1 aromatic heterocycles. The molecule has 0 saturated heterocycles. The summed E-state index contributed by atoms with van der Waals surface area (Å²) >= 11 is 0. The fourth-order valence-corrected chi connectivity index (χ4v) is 0.825. The molecule has 13 heavy (non-hydrogen) atoms. The number of rotatable bonds is 2. The molecule has 3 nitrogen and oxygen atoms in total. The Kier molecular flexibility index (Phi) is 2.84. The predicted octanol–water partition coefficient (Wildman–Crippen LogP) is -0.0509. The molecule has 0 saturated carbocycles. The van der Waals surface area contributed by atoms with E-state index in [0.717, 1.165) is 4.57 Å². The molecule has 0 aliphatic heterocycles. The van der Waals surface area contributed by atoms with E-state index < -0.39 is 11.8 Å². The number of halogens is 1. The average molecular weight is 182 g/mol. The van der Waals surface area contributed by atoms with E-state index in [1.165, 1.54) is 31.4 Å². The van der Waals surface area contributed by atoms with Gasteiger partial charge < -0.3 is 10.0 Å². The van der Waals surface area contributed by atoms with Crippen molar-refractivity contribution in [2.45, 2.75) is 0 Å². The zero-order valence-electron chi connectivity index (χ0n) is 7.57. The molecule has 1 aromatic rings. The van der Waals surface area contributed by atoms with E-state index in [-0.39, 0.29) is 0 Å². The molecule has 0 unspecified atom stereocenters. The summed E-state index contributed by atoms with van der Waals surface area (Å²) in [6, 6.07) is 5.06. The van der Waals surface area contributed by atoms with Gasteiger partial charge in [-0.2, -0.15) is 0 Å². The quantitative estimate of drug-likeness (QED) is 0.474. The second kappa shape index (κ2) is 3.89. The first-order valence-corrected chi connectivity index (χ1v) is 3.83. The maximum atomic E-state index is 13.3. The molecule has 0 atom stereocenters. The topological polar surface area (TPSA) is 30.2 Å². The SMILES string of the molecule is CN(C)/C([O-])=C(\F)[n+]1ccccc1. The first-order chi connectivity index (χ1) is 6.13. The number of aromatic nitrogens is 1. The van der Waals surface area contributed by atoms with Gasteiger partial charge in [-0.3, -0.25) is 0 Å². The first kappa shape index (κ1) is 9.51. The molecule has 4 heteroatoms. The average Bonchev–Trinajstić information content (AvgIpc) is 2.17. The molecule has 1 heterocycles. The van der Waals surface area contributed by atoms with E-state index in [9.17, 15) is 9.50 Å². The Morgan fingerprint density at radius 1 is 1.23 bits per heavy atom. The van der Waals surface area contributed by atoms with Crippen molar-refractivity contribution in [1.82, 2.24) is 4.90 Å². The van der Waals surface area contributed by atoms with Crippen molar-refractivity contribution in [2.75, 3.05) is 14.1 Å². The van der Waals surface area contributed by atoms with Gasteiger partial charge in [0.15, 0.2) is 12.4 Å². The Bertz CT molecular complexity index is 309.